The molecule has 0 fully saturated rings. The number of hydrogen-bond acceptors (Lipinski definition) is 2. The molecule has 0 radical (unpaired) electrons. The summed E-state index contributed by atoms with van der Waals surface area (Å²) in [7, 11) is 0. The van der Waals surface area contributed by atoms with Crippen LogP contribution in [0.3, 0.4) is 0 Å². The highest BCUT2D eigenvalue weighted by Gasteiger charge is 2.48. The molecule has 2 nitrogen and oxygen atoms in total. The third kappa shape index (κ3) is 1.85. The molecule has 0 saturated carbocycles. The van der Waals surface area contributed by atoms with Crippen molar-refractivity contribution in [3.8, 4) is 0 Å². The Bertz CT molecular complexity index is 359. The molecule has 0 spiro atoms. The van der Waals surface area contributed by atoms with E-state index < -0.39 is 18.1 Å². The summed E-state index contributed by atoms with van der Waals surface area (Å²) >= 11 is 0. The summed E-state index contributed by atoms with van der Waals surface area (Å²) in [6, 6.07) is 5.30. The number of aliphatic hydroxyl groups excluding tert-OH is 1. The van der Waals surface area contributed by atoms with Crippen LogP contribution in [0.5, 0.6) is 0 Å². The molecule has 2 atom stereocenters. The van der Waals surface area contributed by atoms with Gasteiger partial charge in [0.05, 0.1) is 0 Å². The second-order valence-electron chi connectivity index (χ2n) is 3.59. The molecule has 0 bridgehead atoms. The maximum absolute atomic E-state index is 13.5. The number of rotatable bonds is 0. The van der Waals surface area contributed by atoms with E-state index in [1.807, 2.05) is 0 Å². The van der Waals surface area contributed by atoms with Gasteiger partial charge in [-0.05, 0) is 12.0 Å². The Morgan fingerprint density at radius 2 is 1.93 bits per heavy atom. The molecule has 0 aliphatic heterocycles. The molecule has 1 aromatic carbocycles. The zero-order valence-electron chi connectivity index (χ0n) is 7.86. The standard InChI is InChI=1S/C10H11F2NO.ClH/c11-10(12)7-4-2-1-3-6(7)5-8(13)9(10)14;/h1-4,8-9,14H,5,13H2;1H/t8-,9-;/m1./s1. The van der Waals surface area contributed by atoms with Gasteiger partial charge in [-0.25, -0.2) is 0 Å². The topological polar surface area (TPSA) is 46.2 Å². The van der Waals surface area contributed by atoms with Crippen molar-refractivity contribution in [2.45, 2.75) is 24.5 Å². The van der Waals surface area contributed by atoms with Gasteiger partial charge in [-0.2, -0.15) is 8.78 Å². The Kier molecular flexibility index (Phi) is 3.33. The lowest BCUT2D eigenvalue weighted by atomic mass is 9.84. The fourth-order valence-corrected chi connectivity index (χ4v) is 1.82. The molecular formula is C10H12ClF2NO. The SMILES string of the molecule is Cl.N[C@@H]1Cc2ccccc2C(F)(F)[C@@H]1O. The van der Waals surface area contributed by atoms with Crippen LogP contribution in [0.2, 0.25) is 0 Å². The molecule has 1 aromatic rings. The van der Waals surface area contributed by atoms with Crippen LogP contribution in [0.25, 0.3) is 0 Å². The number of benzene rings is 1. The highest BCUT2D eigenvalue weighted by atomic mass is 35.5. The number of aliphatic hydroxyl groups is 1. The zero-order chi connectivity index (χ0) is 10.3. The van der Waals surface area contributed by atoms with E-state index in [1.54, 1.807) is 12.1 Å². The Balaban J connectivity index is 0.00000112. The lowest BCUT2D eigenvalue weighted by Crippen LogP contribution is -2.50. The number of alkyl halides is 2. The van der Waals surface area contributed by atoms with Crippen LogP contribution < -0.4 is 5.73 Å². The predicted molar refractivity (Wildman–Crippen MR) is 55.3 cm³/mol. The number of fused-ring (bicyclic) bond motifs is 1. The summed E-state index contributed by atoms with van der Waals surface area (Å²) < 4.78 is 27.0. The maximum Gasteiger partial charge on any atom is 0.300 e. The number of halogens is 3. The molecule has 1 aliphatic carbocycles. The van der Waals surface area contributed by atoms with Crippen molar-refractivity contribution in [2.75, 3.05) is 0 Å². The fourth-order valence-electron chi connectivity index (χ4n) is 1.82. The van der Waals surface area contributed by atoms with Crippen LogP contribution in [0, 0.1) is 0 Å². The van der Waals surface area contributed by atoms with Gasteiger partial charge in [-0.15, -0.1) is 12.4 Å². The van der Waals surface area contributed by atoms with Crippen molar-refractivity contribution in [1.82, 2.24) is 0 Å². The third-order valence-corrected chi connectivity index (χ3v) is 2.61. The highest BCUT2D eigenvalue weighted by molar-refractivity contribution is 5.85. The largest absolute Gasteiger partial charge is 0.385 e. The van der Waals surface area contributed by atoms with Gasteiger partial charge in [0.2, 0.25) is 0 Å². The van der Waals surface area contributed by atoms with E-state index in [4.69, 9.17) is 5.73 Å². The van der Waals surface area contributed by atoms with E-state index in [2.05, 4.69) is 0 Å². The monoisotopic (exact) mass is 235 g/mol. The van der Waals surface area contributed by atoms with Crippen molar-refractivity contribution in [2.24, 2.45) is 5.73 Å². The first kappa shape index (κ1) is 12.4. The molecule has 0 unspecified atom stereocenters. The van der Waals surface area contributed by atoms with E-state index in [0.29, 0.717) is 12.0 Å². The third-order valence-electron chi connectivity index (χ3n) is 2.61. The minimum Gasteiger partial charge on any atom is -0.385 e. The predicted octanol–water partition coefficient (Wildman–Crippen LogP) is 1.44. The summed E-state index contributed by atoms with van der Waals surface area (Å²) in [5.41, 5.74) is 5.86. The van der Waals surface area contributed by atoms with E-state index in [0.717, 1.165) is 0 Å². The van der Waals surface area contributed by atoms with Gasteiger partial charge < -0.3 is 10.8 Å². The summed E-state index contributed by atoms with van der Waals surface area (Å²) in [6.07, 6.45) is -1.48. The van der Waals surface area contributed by atoms with Crippen LogP contribution in [0.4, 0.5) is 8.78 Å². The normalized spacial score (nSPS) is 27.7. The van der Waals surface area contributed by atoms with E-state index in [1.165, 1.54) is 12.1 Å². The molecule has 84 valence electrons. The number of nitrogens with two attached hydrogens (primary N) is 1. The Hall–Kier alpha value is -0.710. The molecule has 3 N–H and O–H groups in total. The van der Waals surface area contributed by atoms with Crippen LogP contribution in [-0.4, -0.2) is 17.3 Å². The summed E-state index contributed by atoms with van der Waals surface area (Å²) in [5, 5.41) is 9.28. The van der Waals surface area contributed by atoms with Crippen LogP contribution in [0.15, 0.2) is 24.3 Å². The first-order valence-corrected chi connectivity index (χ1v) is 4.43. The molecule has 0 amide bonds. The molecule has 5 heteroatoms. The average Bonchev–Trinajstić information content (AvgIpc) is 2.15. The summed E-state index contributed by atoms with van der Waals surface area (Å²) in [5.74, 6) is -3.23. The number of hydrogen-bond donors (Lipinski definition) is 2. The van der Waals surface area contributed by atoms with Crippen LogP contribution >= 0.6 is 12.4 Å². The van der Waals surface area contributed by atoms with E-state index >= 15 is 0 Å². The van der Waals surface area contributed by atoms with Crippen molar-refractivity contribution in [1.29, 1.82) is 0 Å². The molecule has 0 heterocycles. The second kappa shape index (κ2) is 4.04. The van der Waals surface area contributed by atoms with Crippen molar-refractivity contribution < 1.29 is 13.9 Å². The maximum atomic E-state index is 13.5. The first-order chi connectivity index (χ1) is 6.53. The van der Waals surface area contributed by atoms with Gasteiger partial charge in [0.15, 0.2) is 0 Å². The van der Waals surface area contributed by atoms with Crippen molar-refractivity contribution >= 4 is 12.4 Å². The van der Waals surface area contributed by atoms with E-state index in [9.17, 15) is 13.9 Å². The smallest absolute Gasteiger partial charge is 0.300 e. The highest BCUT2D eigenvalue weighted by Crippen LogP contribution is 2.39. The first-order valence-electron chi connectivity index (χ1n) is 4.43. The molecule has 15 heavy (non-hydrogen) atoms. The lowest BCUT2D eigenvalue weighted by Gasteiger charge is -2.34. The van der Waals surface area contributed by atoms with Crippen LogP contribution in [0.1, 0.15) is 11.1 Å². The Morgan fingerprint density at radius 3 is 2.60 bits per heavy atom. The van der Waals surface area contributed by atoms with Gasteiger partial charge in [0, 0.05) is 11.6 Å². The average molecular weight is 236 g/mol. The summed E-state index contributed by atoms with van der Waals surface area (Å²) in [4.78, 5) is 0. The van der Waals surface area contributed by atoms with Crippen molar-refractivity contribution in [3.05, 3.63) is 35.4 Å². The quantitative estimate of drug-likeness (QED) is 0.715. The van der Waals surface area contributed by atoms with Gasteiger partial charge in [0.1, 0.15) is 6.10 Å². The van der Waals surface area contributed by atoms with Gasteiger partial charge in [-0.3, -0.25) is 0 Å². The minimum absolute atomic E-state index is 0. The fraction of sp³-hybridized carbons (Fsp3) is 0.400. The summed E-state index contributed by atoms with van der Waals surface area (Å²) in [6.45, 7) is 0. The second-order valence-corrected chi connectivity index (χ2v) is 3.59. The molecule has 0 saturated heterocycles. The lowest BCUT2D eigenvalue weighted by molar-refractivity contribution is -0.130. The molecule has 1 aliphatic rings. The van der Waals surface area contributed by atoms with Gasteiger partial charge in [-0.1, -0.05) is 24.3 Å². The molecular weight excluding hydrogens is 224 g/mol. The van der Waals surface area contributed by atoms with Crippen molar-refractivity contribution in [3.63, 3.8) is 0 Å². The van der Waals surface area contributed by atoms with E-state index in [-0.39, 0.29) is 18.0 Å². The van der Waals surface area contributed by atoms with Crippen LogP contribution in [-0.2, 0) is 12.3 Å². The molecule has 2 rings (SSSR count). The van der Waals surface area contributed by atoms with Gasteiger partial charge >= 0.3 is 0 Å². The Labute approximate surface area is 92.5 Å². The molecule has 0 aromatic heterocycles. The zero-order valence-corrected chi connectivity index (χ0v) is 8.68. The Morgan fingerprint density at radius 1 is 1.33 bits per heavy atom. The minimum atomic E-state index is -3.23. The van der Waals surface area contributed by atoms with Gasteiger partial charge in [0.25, 0.3) is 5.92 Å².